The van der Waals surface area contributed by atoms with Crippen LogP contribution in [0, 0.1) is 0 Å². The zero-order chi connectivity index (χ0) is 23.0. The number of amides is 3. The maximum atomic E-state index is 13.0. The van der Waals surface area contributed by atoms with E-state index in [2.05, 4.69) is 5.32 Å². The summed E-state index contributed by atoms with van der Waals surface area (Å²) in [4.78, 5) is 51.5. The molecule has 2 rings (SSSR count). The van der Waals surface area contributed by atoms with Gasteiger partial charge in [-0.3, -0.25) is 19.3 Å². The van der Waals surface area contributed by atoms with Gasteiger partial charge in [-0.25, -0.2) is 4.79 Å². The van der Waals surface area contributed by atoms with Crippen LogP contribution in [0.15, 0.2) is 24.3 Å². The number of esters is 1. The quantitative estimate of drug-likeness (QED) is 0.275. The number of hydrogen-bond donors (Lipinski definition) is 2. The third-order valence-electron chi connectivity index (χ3n) is 5.10. The molecule has 1 aromatic rings. The highest BCUT2D eigenvalue weighted by Crippen LogP contribution is 2.25. The number of aliphatic hydroxyl groups excluding tert-OH is 1. The minimum Gasteiger partial charge on any atom is -0.467 e. The van der Waals surface area contributed by atoms with Crippen LogP contribution in [0.2, 0.25) is 0 Å². The largest absolute Gasteiger partial charge is 0.467 e. The third kappa shape index (κ3) is 5.66. The fourth-order valence-corrected chi connectivity index (χ4v) is 3.47. The van der Waals surface area contributed by atoms with E-state index in [0.717, 1.165) is 4.90 Å². The Morgan fingerprint density at radius 3 is 2.06 bits per heavy atom. The highest BCUT2D eigenvalue weighted by Gasteiger charge is 2.43. The first-order valence-corrected chi connectivity index (χ1v) is 9.91. The van der Waals surface area contributed by atoms with Crippen molar-refractivity contribution < 1.29 is 38.5 Å². The number of nitrogens with one attached hydrogen (secondary N) is 1. The average Bonchev–Trinajstić information content (AvgIpc) is 3.03. The van der Waals surface area contributed by atoms with Crippen LogP contribution in [0.1, 0.15) is 46.4 Å². The first-order valence-electron chi connectivity index (χ1n) is 9.91. The Balaban J connectivity index is 2.14. The van der Waals surface area contributed by atoms with E-state index in [0.29, 0.717) is 12.8 Å². The van der Waals surface area contributed by atoms with Crippen molar-refractivity contribution >= 4 is 23.7 Å². The van der Waals surface area contributed by atoms with Gasteiger partial charge in [-0.2, -0.15) is 0 Å². The van der Waals surface area contributed by atoms with Gasteiger partial charge >= 0.3 is 5.97 Å². The minimum absolute atomic E-state index is 0.166. The van der Waals surface area contributed by atoms with Gasteiger partial charge in [0.25, 0.3) is 11.8 Å². The molecule has 2 atom stereocenters. The summed E-state index contributed by atoms with van der Waals surface area (Å²) < 4.78 is 15.0. The van der Waals surface area contributed by atoms with Crippen LogP contribution in [-0.2, 0) is 23.8 Å². The number of methoxy groups -OCH3 is 3. The van der Waals surface area contributed by atoms with Gasteiger partial charge in [0.2, 0.25) is 5.91 Å². The number of imide groups is 1. The molecule has 10 nitrogen and oxygen atoms in total. The van der Waals surface area contributed by atoms with E-state index in [1.165, 1.54) is 33.5 Å². The molecule has 0 saturated heterocycles. The van der Waals surface area contributed by atoms with Crippen molar-refractivity contribution in [3.8, 4) is 0 Å². The lowest BCUT2D eigenvalue weighted by molar-refractivity contribution is -0.146. The first-order chi connectivity index (χ1) is 14.9. The number of benzene rings is 1. The van der Waals surface area contributed by atoms with Crippen molar-refractivity contribution in [1.29, 1.82) is 0 Å². The summed E-state index contributed by atoms with van der Waals surface area (Å²) in [5.74, 6) is -2.63. The van der Waals surface area contributed by atoms with E-state index in [9.17, 15) is 24.3 Å². The van der Waals surface area contributed by atoms with Crippen molar-refractivity contribution in [1.82, 2.24) is 10.2 Å². The zero-order valence-corrected chi connectivity index (χ0v) is 17.8. The van der Waals surface area contributed by atoms with Gasteiger partial charge in [0.1, 0.15) is 12.1 Å². The second kappa shape index (κ2) is 11.5. The summed E-state index contributed by atoms with van der Waals surface area (Å²) in [6, 6.07) is 3.98. The fourth-order valence-electron chi connectivity index (χ4n) is 3.47. The third-order valence-corrected chi connectivity index (χ3v) is 5.10. The molecule has 1 heterocycles. The number of nitrogens with zero attached hydrogens (tertiary/aromatic N) is 1. The van der Waals surface area contributed by atoms with Crippen LogP contribution in [0.4, 0.5) is 0 Å². The van der Waals surface area contributed by atoms with Gasteiger partial charge in [0.15, 0.2) is 6.29 Å². The van der Waals surface area contributed by atoms with E-state index >= 15 is 0 Å². The van der Waals surface area contributed by atoms with Crippen LogP contribution in [0.3, 0.4) is 0 Å². The van der Waals surface area contributed by atoms with Gasteiger partial charge in [-0.05, 0) is 31.4 Å². The standard InChI is InChI=1S/C21H28N2O8/c1-29-17(30-2)10-6-9-15(21(28)31-3)22-18(25)16(11-12-24)23-19(26)13-7-4-5-8-14(13)20(23)27/h4-5,7-8,15-17,24H,6,9-12H2,1-3H3,(H,22,25). The van der Waals surface area contributed by atoms with Crippen molar-refractivity contribution in [3.63, 3.8) is 0 Å². The maximum absolute atomic E-state index is 13.0. The number of fused-ring (bicyclic) bond motifs is 1. The second-order valence-corrected chi connectivity index (χ2v) is 6.97. The van der Waals surface area contributed by atoms with E-state index in [-0.39, 0.29) is 24.0 Å². The van der Waals surface area contributed by atoms with Gasteiger partial charge in [-0.1, -0.05) is 12.1 Å². The lowest BCUT2D eigenvalue weighted by Crippen LogP contribution is -2.53. The Morgan fingerprint density at radius 2 is 1.58 bits per heavy atom. The molecule has 2 unspecified atom stereocenters. The average molecular weight is 436 g/mol. The smallest absolute Gasteiger partial charge is 0.328 e. The molecule has 1 aliphatic heterocycles. The number of ether oxygens (including phenoxy) is 3. The van der Waals surface area contributed by atoms with Crippen LogP contribution in [0.5, 0.6) is 0 Å². The molecule has 0 fully saturated rings. The van der Waals surface area contributed by atoms with Gasteiger partial charge < -0.3 is 24.6 Å². The topological polar surface area (TPSA) is 131 Å². The maximum Gasteiger partial charge on any atom is 0.328 e. The van der Waals surface area contributed by atoms with Crippen LogP contribution in [-0.4, -0.2) is 80.0 Å². The lowest BCUT2D eigenvalue weighted by Gasteiger charge is -2.27. The summed E-state index contributed by atoms with van der Waals surface area (Å²) in [6.45, 7) is -0.433. The summed E-state index contributed by atoms with van der Waals surface area (Å²) in [5, 5.41) is 12.0. The number of hydrogen-bond acceptors (Lipinski definition) is 8. The Labute approximate surface area is 180 Å². The normalized spacial score (nSPS) is 15.1. The Morgan fingerprint density at radius 1 is 1.00 bits per heavy atom. The van der Waals surface area contributed by atoms with Crippen LogP contribution >= 0.6 is 0 Å². The van der Waals surface area contributed by atoms with E-state index < -0.39 is 48.7 Å². The molecule has 1 aliphatic rings. The van der Waals surface area contributed by atoms with Gasteiger partial charge in [0, 0.05) is 27.2 Å². The summed E-state index contributed by atoms with van der Waals surface area (Å²) in [7, 11) is 4.19. The molecule has 0 aliphatic carbocycles. The Hall–Kier alpha value is -2.82. The molecule has 0 aromatic heterocycles. The van der Waals surface area contributed by atoms with Gasteiger partial charge in [-0.15, -0.1) is 0 Å². The van der Waals surface area contributed by atoms with Crippen molar-refractivity contribution in [2.75, 3.05) is 27.9 Å². The molecular formula is C21H28N2O8. The van der Waals surface area contributed by atoms with Crippen molar-refractivity contribution in [2.45, 2.75) is 44.1 Å². The second-order valence-electron chi connectivity index (χ2n) is 6.97. The molecule has 0 radical (unpaired) electrons. The molecule has 3 amide bonds. The molecule has 0 spiro atoms. The SMILES string of the molecule is COC(=O)C(CCCC(OC)OC)NC(=O)C(CCO)N1C(=O)c2ccccc2C1=O. The molecule has 0 saturated carbocycles. The predicted octanol–water partition coefficient (Wildman–Crippen LogP) is 0.481. The van der Waals surface area contributed by atoms with Crippen LogP contribution < -0.4 is 5.32 Å². The van der Waals surface area contributed by atoms with E-state index in [1.54, 1.807) is 12.1 Å². The van der Waals surface area contributed by atoms with Gasteiger partial charge in [0.05, 0.1) is 18.2 Å². The number of carbonyl (C=O) groups is 4. The predicted molar refractivity (Wildman–Crippen MR) is 108 cm³/mol. The number of aliphatic hydroxyl groups is 1. The monoisotopic (exact) mass is 436 g/mol. The highest BCUT2D eigenvalue weighted by molar-refractivity contribution is 6.22. The molecular weight excluding hydrogens is 408 g/mol. The zero-order valence-electron chi connectivity index (χ0n) is 17.8. The molecule has 170 valence electrons. The van der Waals surface area contributed by atoms with Crippen molar-refractivity contribution in [3.05, 3.63) is 35.4 Å². The number of rotatable bonds is 12. The van der Waals surface area contributed by atoms with E-state index in [1.807, 2.05) is 0 Å². The minimum atomic E-state index is -1.27. The molecule has 0 bridgehead atoms. The molecule has 31 heavy (non-hydrogen) atoms. The lowest BCUT2D eigenvalue weighted by atomic mass is 10.1. The Bertz CT molecular complexity index is 773. The summed E-state index contributed by atoms with van der Waals surface area (Å²) in [6.07, 6.45) is 0.573. The number of carbonyl (C=O) groups excluding carboxylic acids is 4. The highest BCUT2D eigenvalue weighted by atomic mass is 16.7. The molecule has 10 heteroatoms. The fraction of sp³-hybridized carbons (Fsp3) is 0.524. The summed E-state index contributed by atoms with van der Waals surface area (Å²) in [5.41, 5.74) is 0.385. The Kier molecular flexibility index (Phi) is 9.10. The summed E-state index contributed by atoms with van der Waals surface area (Å²) >= 11 is 0. The molecule has 1 aromatic carbocycles. The van der Waals surface area contributed by atoms with Crippen molar-refractivity contribution in [2.24, 2.45) is 0 Å². The van der Waals surface area contributed by atoms with Crippen LogP contribution in [0.25, 0.3) is 0 Å². The molecule has 2 N–H and O–H groups in total. The van der Waals surface area contributed by atoms with E-state index in [4.69, 9.17) is 14.2 Å². The first kappa shape index (κ1) is 24.4.